The molecule has 0 radical (unpaired) electrons. The van der Waals surface area contributed by atoms with Crippen LogP contribution in [-0.2, 0) is 6.54 Å². The first-order valence-electron chi connectivity index (χ1n) is 6.83. The number of aliphatic hydroxyl groups is 1. The van der Waals surface area contributed by atoms with Crippen molar-refractivity contribution in [3.63, 3.8) is 0 Å². The third kappa shape index (κ3) is 2.25. The largest absolute Gasteiger partial charge is 0.371 e. The molecule has 1 aromatic rings. The minimum Gasteiger partial charge on any atom is -0.371 e. The maximum absolute atomic E-state index is 12.9. The first kappa shape index (κ1) is 13.3. The van der Waals surface area contributed by atoms with E-state index < -0.39 is 11.8 Å². The zero-order valence-corrected chi connectivity index (χ0v) is 11.1. The predicted octanol–water partition coefficient (Wildman–Crippen LogP) is 0.791. The van der Waals surface area contributed by atoms with E-state index in [0.717, 1.165) is 18.7 Å². The number of hydrogen-bond donors (Lipinski definition) is 3. The van der Waals surface area contributed by atoms with Crippen molar-refractivity contribution in [2.45, 2.75) is 31.2 Å². The molecule has 108 valence electrons. The number of benzene rings is 1. The number of amides is 2. The van der Waals surface area contributed by atoms with Gasteiger partial charge in [-0.05, 0) is 43.6 Å². The quantitative estimate of drug-likeness (QED) is 0.750. The van der Waals surface area contributed by atoms with Crippen LogP contribution < -0.4 is 10.6 Å². The third-order valence-corrected chi connectivity index (χ3v) is 4.17. The summed E-state index contributed by atoms with van der Waals surface area (Å²) in [5.41, 5.74) is 0.245. The Kier molecular flexibility index (Phi) is 3.35. The summed E-state index contributed by atoms with van der Waals surface area (Å²) in [7, 11) is 0. The van der Waals surface area contributed by atoms with Crippen molar-refractivity contribution < 1.29 is 14.3 Å². The van der Waals surface area contributed by atoms with Gasteiger partial charge < -0.3 is 15.7 Å². The maximum atomic E-state index is 12.9. The molecule has 1 unspecified atom stereocenters. The fraction of sp³-hybridized carbons (Fsp3) is 0.500. The lowest BCUT2D eigenvalue weighted by molar-refractivity contribution is -0.0135. The van der Waals surface area contributed by atoms with Crippen molar-refractivity contribution in [1.29, 1.82) is 0 Å². The molecule has 0 bridgehead atoms. The highest BCUT2D eigenvalue weighted by Gasteiger charge is 2.50. The van der Waals surface area contributed by atoms with Crippen LogP contribution in [0.25, 0.3) is 0 Å². The Hall–Kier alpha value is -1.66. The van der Waals surface area contributed by atoms with Crippen LogP contribution in [0, 0.1) is 5.82 Å². The first-order valence-corrected chi connectivity index (χ1v) is 6.83. The van der Waals surface area contributed by atoms with Gasteiger partial charge in [0, 0.05) is 0 Å². The SMILES string of the molecule is O=C1NC2(CCNCC2)C(O)N1Cc1ccc(F)cc1. The summed E-state index contributed by atoms with van der Waals surface area (Å²) in [5.74, 6) is -0.310. The van der Waals surface area contributed by atoms with Crippen LogP contribution in [0.3, 0.4) is 0 Å². The third-order valence-electron chi connectivity index (χ3n) is 4.17. The van der Waals surface area contributed by atoms with Gasteiger partial charge in [0.15, 0.2) is 6.23 Å². The van der Waals surface area contributed by atoms with Crippen molar-refractivity contribution >= 4 is 6.03 Å². The molecule has 2 amide bonds. The van der Waals surface area contributed by atoms with Crippen molar-refractivity contribution in [1.82, 2.24) is 15.5 Å². The van der Waals surface area contributed by atoms with E-state index >= 15 is 0 Å². The molecule has 1 spiro atoms. The normalized spacial score (nSPS) is 25.0. The second-order valence-corrected chi connectivity index (χ2v) is 5.46. The van der Waals surface area contributed by atoms with Crippen LogP contribution in [0.1, 0.15) is 18.4 Å². The molecule has 1 atom stereocenters. The summed E-state index contributed by atoms with van der Waals surface area (Å²) in [4.78, 5) is 13.5. The fourth-order valence-electron chi connectivity index (χ4n) is 2.96. The number of urea groups is 1. The Labute approximate surface area is 116 Å². The van der Waals surface area contributed by atoms with E-state index in [4.69, 9.17) is 0 Å². The van der Waals surface area contributed by atoms with Crippen molar-refractivity contribution in [3.05, 3.63) is 35.6 Å². The average Bonchev–Trinajstić information content (AvgIpc) is 2.67. The summed E-state index contributed by atoms with van der Waals surface area (Å²) in [6.07, 6.45) is 0.571. The van der Waals surface area contributed by atoms with Gasteiger partial charge >= 0.3 is 6.03 Å². The minimum absolute atomic E-state index is 0.260. The van der Waals surface area contributed by atoms with Gasteiger partial charge in [-0.25, -0.2) is 9.18 Å². The number of carbonyl (C=O) groups excluding carboxylic acids is 1. The molecule has 1 aromatic carbocycles. The summed E-state index contributed by atoms with van der Waals surface area (Å²) >= 11 is 0. The lowest BCUT2D eigenvalue weighted by Crippen LogP contribution is -2.56. The summed E-state index contributed by atoms with van der Waals surface area (Å²) in [6, 6.07) is 5.71. The lowest BCUT2D eigenvalue weighted by atomic mass is 9.87. The van der Waals surface area contributed by atoms with Gasteiger partial charge in [0.1, 0.15) is 5.82 Å². The van der Waals surface area contributed by atoms with E-state index in [0.29, 0.717) is 12.8 Å². The number of nitrogens with one attached hydrogen (secondary N) is 2. The van der Waals surface area contributed by atoms with Crippen LogP contribution in [0.4, 0.5) is 9.18 Å². The number of piperidine rings is 1. The predicted molar refractivity (Wildman–Crippen MR) is 71.3 cm³/mol. The zero-order valence-electron chi connectivity index (χ0n) is 11.1. The number of rotatable bonds is 2. The number of carbonyl (C=O) groups is 1. The van der Waals surface area contributed by atoms with Crippen molar-refractivity contribution in [3.8, 4) is 0 Å². The molecule has 0 aromatic heterocycles. The standard InChI is InChI=1S/C14H18FN3O2/c15-11-3-1-10(2-4-11)9-18-12(19)14(17-13(18)20)5-7-16-8-6-14/h1-4,12,16,19H,5-9H2,(H,17,20). The molecule has 3 rings (SSSR count). The highest BCUT2D eigenvalue weighted by Crippen LogP contribution is 2.31. The Morgan fingerprint density at radius 2 is 1.95 bits per heavy atom. The Morgan fingerprint density at radius 1 is 1.30 bits per heavy atom. The van der Waals surface area contributed by atoms with Gasteiger partial charge in [-0.15, -0.1) is 0 Å². The number of halogens is 1. The molecule has 3 N–H and O–H groups in total. The summed E-state index contributed by atoms with van der Waals surface area (Å²) < 4.78 is 12.9. The average molecular weight is 279 g/mol. The van der Waals surface area contributed by atoms with E-state index in [-0.39, 0.29) is 18.4 Å². The Balaban J connectivity index is 1.76. The molecule has 0 aliphatic carbocycles. The van der Waals surface area contributed by atoms with E-state index in [1.54, 1.807) is 12.1 Å². The van der Waals surface area contributed by atoms with Crippen LogP contribution in [0.15, 0.2) is 24.3 Å². The van der Waals surface area contributed by atoms with Gasteiger partial charge in [-0.1, -0.05) is 12.1 Å². The van der Waals surface area contributed by atoms with E-state index in [9.17, 15) is 14.3 Å². The molecule has 0 saturated carbocycles. The summed E-state index contributed by atoms with van der Waals surface area (Å²) in [5, 5.41) is 16.6. The summed E-state index contributed by atoms with van der Waals surface area (Å²) in [6.45, 7) is 1.84. The van der Waals surface area contributed by atoms with Crippen LogP contribution >= 0.6 is 0 Å². The Bertz CT molecular complexity index is 500. The van der Waals surface area contributed by atoms with Crippen molar-refractivity contribution in [2.75, 3.05) is 13.1 Å². The molecular weight excluding hydrogens is 261 g/mol. The second-order valence-electron chi connectivity index (χ2n) is 5.46. The molecule has 5 nitrogen and oxygen atoms in total. The van der Waals surface area contributed by atoms with Crippen molar-refractivity contribution in [2.24, 2.45) is 0 Å². The van der Waals surface area contributed by atoms with Gasteiger partial charge in [0.05, 0.1) is 12.1 Å². The van der Waals surface area contributed by atoms with Gasteiger partial charge in [-0.3, -0.25) is 4.90 Å². The zero-order chi connectivity index (χ0) is 14.2. The van der Waals surface area contributed by atoms with E-state index in [1.165, 1.54) is 17.0 Å². The molecule has 2 saturated heterocycles. The van der Waals surface area contributed by atoms with E-state index in [1.807, 2.05) is 0 Å². The Morgan fingerprint density at radius 3 is 2.60 bits per heavy atom. The monoisotopic (exact) mass is 279 g/mol. The topological polar surface area (TPSA) is 64.6 Å². The molecule has 2 aliphatic heterocycles. The maximum Gasteiger partial charge on any atom is 0.320 e. The highest BCUT2D eigenvalue weighted by molar-refractivity contribution is 5.78. The fourth-order valence-corrected chi connectivity index (χ4v) is 2.96. The van der Waals surface area contributed by atoms with E-state index in [2.05, 4.69) is 10.6 Å². The second kappa shape index (κ2) is 5.03. The first-order chi connectivity index (χ1) is 9.61. The molecule has 20 heavy (non-hydrogen) atoms. The van der Waals surface area contributed by atoms with Crippen LogP contribution in [-0.4, -0.2) is 40.9 Å². The van der Waals surface area contributed by atoms with Crippen LogP contribution in [0.5, 0.6) is 0 Å². The number of hydrogen-bond acceptors (Lipinski definition) is 3. The molecule has 2 heterocycles. The minimum atomic E-state index is -0.845. The molecule has 2 fully saturated rings. The van der Waals surface area contributed by atoms with Gasteiger partial charge in [0.2, 0.25) is 0 Å². The molecule has 6 heteroatoms. The number of aliphatic hydroxyl groups excluding tert-OH is 1. The number of nitrogens with zero attached hydrogens (tertiary/aromatic N) is 1. The van der Waals surface area contributed by atoms with Crippen LogP contribution in [0.2, 0.25) is 0 Å². The van der Waals surface area contributed by atoms with Gasteiger partial charge in [0.25, 0.3) is 0 Å². The highest BCUT2D eigenvalue weighted by atomic mass is 19.1. The van der Waals surface area contributed by atoms with Gasteiger partial charge in [-0.2, -0.15) is 0 Å². The molecule has 2 aliphatic rings. The molecular formula is C14H18FN3O2. The smallest absolute Gasteiger partial charge is 0.320 e. The lowest BCUT2D eigenvalue weighted by Gasteiger charge is -2.36.